The second-order valence-corrected chi connectivity index (χ2v) is 4.22. The van der Waals surface area contributed by atoms with Crippen LogP contribution in [0.4, 0.5) is 5.69 Å². The lowest BCUT2D eigenvalue weighted by Gasteiger charge is -2.12. The average Bonchev–Trinajstić information content (AvgIpc) is 2.41. The summed E-state index contributed by atoms with van der Waals surface area (Å²) in [6.45, 7) is 2.67. The predicted octanol–water partition coefficient (Wildman–Crippen LogP) is 1.37. The van der Waals surface area contributed by atoms with E-state index in [1.165, 1.54) is 0 Å². The summed E-state index contributed by atoms with van der Waals surface area (Å²) >= 11 is 0. The zero-order valence-corrected chi connectivity index (χ0v) is 11.4. The summed E-state index contributed by atoms with van der Waals surface area (Å²) in [4.78, 5) is 0. The van der Waals surface area contributed by atoms with Crippen LogP contribution in [-0.2, 0) is 14.2 Å². The first kappa shape index (κ1) is 15.9. The molecule has 0 aliphatic heterocycles. The third-order valence-corrected chi connectivity index (χ3v) is 2.58. The van der Waals surface area contributed by atoms with Crippen LogP contribution in [-0.4, -0.2) is 45.3 Å². The number of nitrogen functional groups attached to an aromatic ring is 1. The van der Waals surface area contributed by atoms with Gasteiger partial charge in [-0.3, -0.25) is 0 Å². The molecular weight excluding hydrogens is 246 g/mol. The summed E-state index contributed by atoms with van der Waals surface area (Å²) in [6.07, 6.45) is 0.158. The molecule has 5 nitrogen and oxygen atoms in total. The fourth-order valence-corrected chi connectivity index (χ4v) is 1.56. The number of benzene rings is 1. The standard InChI is InChI=1S/C14H23NO4/c1-17-8-9-18-6-3-7-19-11-14(16)12-4-2-5-13(15)10-12/h2,4-5,10,14,16H,3,6-9,11,15H2,1H3. The van der Waals surface area contributed by atoms with Crippen molar-refractivity contribution < 1.29 is 19.3 Å². The van der Waals surface area contributed by atoms with Crippen LogP contribution in [0.1, 0.15) is 18.1 Å². The highest BCUT2D eigenvalue weighted by atomic mass is 16.5. The van der Waals surface area contributed by atoms with E-state index >= 15 is 0 Å². The Hall–Kier alpha value is -1.14. The summed E-state index contributed by atoms with van der Waals surface area (Å²) < 4.78 is 15.6. The highest BCUT2D eigenvalue weighted by molar-refractivity contribution is 5.41. The van der Waals surface area contributed by atoms with Gasteiger partial charge in [0.25, 0.3) is 0 Å². The van der Waals surface area contributed by atoms with E-state index in [2.05, 4.69) is 0 Å². The van der Waals surface area contributed by atoms with Gasteiger partial charge in [-0.25, -0.2) is 0 Å². The van der Waals surface area contributed by atoms with Crippen LogP contribution in [0.3, 0.4) is 0 Å². The Morgan fingerprint density at radius 1 is 1.16 bits per heavy atom. The smallest absolute Gasteiger partial charge is 0.102 e. The largest absolute Gasteiger partial charge is 0.399 e. The Morgan fingerprint density at radius 2 is 1.95 bits per heavy atom. The van der Waals surface area contributed by atoms with Crippen molar-refractivity contribution in [3.8, 4) is 0 Å². The minimum Gasteiger partial charge on any atom is -0.399 e. The molecule has 0 radical (unpaired) electrons. The average molecular weight is 269 g/mol. The lowest BCUT2D eigenvalue weighted by Crippen LogP contribution is -2.10. The van der Waals surface area contributed by atoms with Crippen LogP contribution < -0.4 is 5.73 Å². The molecule has 0 amide bonds. The third kappa shape index (κ3) is 7.12. The number of aliphatic hydroxyl groups is 1. The molecule has 0 heterocycles. The van der Waals surface area contributed by atoms with Crippen molar-refractivity contribution in [1.82, 2.24) is 0 Å². The molecule has 5 heteroatoms. The summed E-state index contributed by atoms with van der Waals surface area (Å²) in [7, 11) is 1.64. The van der Waals surface area contributed by atoms with E-state index in [1.54, 1.807) is 19.2 Å². The molecule has 0 saturated carbocycles. The zero-order valence-electron chi connectivity index (χ0n) is 11.4. The maximum Gasteiger partial charge on any atom is 0.102 e. The molecule has 0 saturated heterocycles. The van der Waals surface area contributed by atoms with E-state index in [-0.39, 0.29) is 6.61 Å². The van der Waals surface area contributed by atoms with Gasteiger partial charge in [-0.15, -0.1) is 0 Å². The molecule has 0 spiro atoms. The number of rotatable bonds is 10. The number of anilines is 1. The van der Waals surface area contributed by atoms with E-state index in [9.17, 15) is 5.11 Å². The van der Waals surface area contributed by atoms with E-state index in [0.717, 1.165) is 12.0 Å². The van der Waals surface area contributed by atoms with Gasteiger partial charge in [-0.1, -0.05) is 12.1 Å². The Kier molecular flexibility index (Phi) is 8.16. The molecular formula is C14H23NO4. The molecule has 0 fully saturated rings. The lowest BCUT2D eigenvalue weighted by atomic mass is 10.1. The normalized spacial score (nSPS) is 12.5. The first-order chi connectivity index (χ1) is 9.24. The minimum atomic E-state index is -0.641. The molecule has 1 aromatic carbocycles. The fraction of sp³-hybridized carbons (Fsp3) is 0.571. The van der Waals surface area contributed by atoms with Crippen molar-refractivity contribution in [3.63, 3.8) is 0 Å². The van der Waals surface area contributed by atoms with Crippen LogP contribution in [0.2, 0.25) is 0 Å². The van der Waals surface area contributed by atoms with Crippen molar-refractivity contribution in [2.45, 2.75) is 12.5 Å². The zero-order chi connectivity index (χ0) is 13.9. The Bertz CT molecular complexity index is 346. The number of methoxy groups -OCH3 is 1. The molecule has 1 aromatic rings. The minimum absolute atomic E-state index is 0.265. The molecule has 0 bridgehead atoms. The van der Waals surface area contributed by atoms with Crippen LogP contribution in [0.25, 0.3) is 0 Å². The number of ether oxygens (including phenoxy) is 3. The van der Waals surface area contributed by atoms with Gasteiger partial charge in [0.1, 0.15) is 6.10 Å². The van der Waals surface area contributed by atoms with E-state index < -0.39 is 6.10 Å². The SMILES string of the molecule is COCCOCCCOCC(O)c1cccc(N)c1. The van der Waals surface area contributed by atoms with Gasteiger partial charge < -0.3 is 25.1 Å². The molecule has 0 aliphatic carbocycles. The highest BCUT2D eigenvalue weighted by Crippen LogP contribution is 2.15. The summed E-state index contributed by atoms with van der Waals surface area (Å²) in [5.41, 5.74) is 7.07. The maximum atomic E-state index is 9.89. The highest BCUT2D eigenvalue weighted by Gasteiger charge is 2.07. The van der Waals surface area contributed by atoms with Crippen LogP contribution >= 0.6 is 0 Å². The summed E-state index contributed by atoms with van der Waals surface area (Å²) in [5.74, 6) is 0. The topological polar surface area (TPSA) is 73.9 Å². The maximum absolute atomic E-state index is 9.89. The van der Waals surface area contributed by atoms with Crippen molar-refractivity contribution in [2.75, 3.05) is 45.9 Å². The Morgan fingerprint density at radius 3 is 2.68 bits per heavy atom. The van der Waals surface area contributed by atoms with Gasteiger partial charge in [0.05, 0.1) is 19.8 Å². The lowest BCUT2D eigenvalue weighted by molar-refractivity contribution is 0.0182. The van der Waals surface area contributed by atoms with E-state index in [4.69, 9.17) is 19.9 Å². The molecule has 0 aromatic heterocycles. The number of nitrogens with two attached hydrogens (primary N) is 1. The van der Waals surface area contributed by atoms with Gasteiger partial charge in [-0.2, -0.15) is 0 Å². The van der Waals surface area contributed by atoms with Gasteiger partial charge in [0.15, 0.2) is 0 Å². The molecule has 1 unspecified atom stereocenters. The Balaban J connectivity index is 2.06. The second kappa shape index (κ2) is 9.75. The molecule has 19 heavy (non-hydrogen) atoms. The summed E-state index contributed by atoms with van der Waals surface area (Å²) in [6, 6.07) is 7.19. The molecule has 3 N–H and O–H groups in total. The third-order valence-electron chi connectivity index (χ3n) is 2.58. The van der Waals surface area contributed by atoms with Crippen LogP contribution in [0.5, 0.6) is 0 Å². The van der Waals surface area contributed by atoms with Gasteiger partial charge >= 0.3 is 0 Å². The van der Waals surface area contributed by atoms with E-state index in [0.29, 0.717) is 32.1 Å². The first-order valence-electron chi connectivity index (χ1n) is 6.42. The molecule has 108 valence electrons. The van der Waals surface area contributed by atoms with Crippen LogP contribution in [0, 0.1) is 0 Å². The van der Waals surface area contributed by atoms with Gasteiger partial charge in [-0.05, 0) is 24.1 Å². The Labute approximate surface area is 114 Å². The first-order valence-corrected chi connectivity index (χ1v) is 6.42. The predicted molar refractivity (Wildman–Crippen MR) is 73.9 cm³/mol. The van der Waals surface area contributed by atoms with Crippen molar-refractivity contribution in [1.29, 1.82) is 0 Å². The van der Waals surface area contributed by atoms with Crippen molar-refractivity contribution in [3.05, 3.63) is 29.8 Å². The monoisotopic (exact) mass is 269 g/mol. The van der Waals surface area contributed by atoms with Crippen LogP contribution in [0.15, 0.2) is 24.3 Å². The molecule has 1 atom stereocenters. The number of hydrogen-bond acceptors (Lipinski definition) is 5. The van der Waals surface area contributed by atoms with Crippen molar-refractivity contribution >= 4 is 5.69 Å². The van der Waals surface area contributed by atoms with Gasteiger partial charge in [0.2, 0.25) is 0 Å². The second-order valence-electron chi connectivity index (χ2n) is 4.22. The van der Waals surface area contributed by atoms with E-state index in [1.807, 2.05) is 12.1 Å². The molecule has 1 rings (SSSR count). The quantitative estimate of drug-likeness (QED) is 0.496. The fourth-order valence-electron chi connectivity index (χ4n) is 1.56. The number of hydrogen-bond donors (Lipinski definition) is 2. The number of aliphatic hydroxyl groups excluding tert-OH is 1. The van der Waals surface area contributed by atoms with Gasteiger partial charge in [0, 0.05) is 26.0 Å². The summed E-state index contributed by atoms with van der Waals surface area (Å²) in [5, 5.41) is 9.89. The molecule has 0 aliphatic rings. The van der Waals surface area contributed by atoms with Crippen molar-refractivity contribution in [2.24, 2.45) is 0 Å².